The summed E-state index contributed by atoms with van der Waals surface area (Å²) in [5.41, 5.74) is 1.24. The van der Waals surface area contributed by atoms with Crippen molar-refractivity contribution in [3.05, 3.63) is 29.8 Å². The number of methoxy groups -OCH3 is 1. The monoisotopic (exact) mass is 370 g/mol. The minimum Gasteiger partial charge on any atom is -0.496 e. The number of benzene rings is 1. The van der Waals surface area contributed by atoms with E-state index < -0.39 is 0 Å². The molecule has 1 aliphatic heterocycles. The quantitative estimate of drug-likeness (QED) is 0.602. The van der Waals surface area contributed by atoms with Crippen molar-refractivity contribution in [1.82, 2.24) is 4.90 Å². The molecule has 0 N–H and O–H groups in total. The van der Waals surface area contributed by atoms with Crippen LogP contribution in [-0.2, 0) is 6.54 Å². The van der Waals surface area contributed by atoms with Gasteiger partial charge in [-0.2, -0.15) is 5.26 Å². The van der Waals surface area contributed by atoms with Crippen LogP contribution in [0.15, 0.2) is 24.3 Å². The number of rotatable bonds is 4. The Bertz CT molecular complexity index is 461. The number of nitriles is 1. The SMILES string of the molecule is COc1ccccc1CN1CCC(I)(CC#N)CC1. The van der Waals surface area contributed by atoms with Crippen LogP contribution in [0.5, 0.6) is 5.75 Å². The number of para-hydroxylation sites is 1. The van der Waals surface area contributed by atoms with Gasteiger partial charge < -0.3 is 4.74 Å². The third-order valence-corrected chi connectivity index (χ3v) is 5.19. The average molecular weight is 370 g/mol. The van der Waals surface area contributed by atoms with E-state index in [0.717, 1.165) is 38.2 Å². The van der Waals surface area contributed by atoms with Crippen molar-refractivity contribution in [2.75, 3.05) is 20.2 Å². The highest BCUT2D eigenvalue weighted by Gasteiger charge is 2.31. The van der Waals surface area contributed by atoms with Gasteiger partial charge in [0.15, 0.2) is 0 Å². The lowest BCUT2D eigenvalue weighted by Crippen LogP contribution is -2.40. The fourth-order valence-corrected chi connectivity index (χ4v) is 3.16. The average Bonchev–Trinajstić information content (AvgIpc) is 2.42. The van der Waals surface area contributed by atoms with E-state index in [4.69, 9.17) is 10.00 Å². The van der Waals surface area contributed by atoms with E-state index in [1.54, 1.807) is 7.11 Å². The third-order valence-electron chi connectivity index (χ3n) is 3.73. The van der Waals surface area contributed by atoms with Crippen LogP contribution in [0.2, 0.25) is 0 Å². The molecule has 3 nitrogen and oxygen atoms in total. The van der Waals surface area contributed by atoms with Crippen LogP contribution in [0.3, 0.4) is 0 Å². The molecule has 0 radical (unpaired) electrons. The molecule has 0 atom stereocenters. The number of piperidine rings is 1. The Kier molecular flexibility index (Phi) is 5.06. The smallest absolute Gasteiger partial charge is 0.123 e. The second kappa shape index (κ2) is 6.58. The number of likely N-dealkylation sites (tertiary alicyclic amines) is 1. The zero-order valence-corrected chi connectivity index (χ0v) is 13.4. The minimum atomic E-state index is 0.184. The first-order valence-electron chi connectivity index (χ1n) is 6.57. The normalized spacial score (nSPS) is 18.8. The number of halogens is 1. The van der Waals surface area contributed by atoms with Crippen molar-refractivity contribution in [2.24, 2.45) is 0 Å². The van der Waals surface area contributed by atoms with Crippen molar-refractivity contribution in [3.63, 3.8) is 0 Å². The topological polar surface area (TPSA) is 36.3 Å². The summed E-state index contributed by atoms with van der Waals surface area (Å²) in [6.45, 7) is 3.05. The van der Waals surface area contributed by atoms with Crippen LogP contribution in [0.1, 0.15) is 24.8 Å². The summed E-state index contributed by atoms with van der Waals surface area (Å²) in [5, 5.41) is 8.87. The lowest BCUT2D eigenvalue weighted by Gasteiger charge is -2.36. The fourth-order valence-electron chi connectivity index (χ4n) is 2.50. The standard InChI is InChI=1S/C15H19IN2O/c1-19-14-5-3-2-4-13(14)12-18-10-7-15(16,6-9-17)8-11-18/h2-5H,6-8,10-12H2,1H3. The minimum absolute atomic E-state index is 0.184. The summed E-state index contributed by atoms with van der Waals surface area (Å²) >= 11 is 2.47. The Balaban J connectivity index is 1.94. The summed E-state index contributed by atoms with van der Waals surface area (Å²) in [4.78, 5) is 2.45. The lowest BCUT2D eigenvalue weighted by atomic mass is 9.94. The number of ether oxygens (including phenoxy) is 1. The maximum atomic E-state index is 8.87. The third kappa shape index (κ3) is 3.83. The molecule has 0 aliphatic carbocycles. The first-order valence-corrected chi connectivity index (χ1v) is 7.65. The number of hydrogen-bond acceptors (Lipinski definition) is 3. The molecule has 1 saturated heterocycles. The zero-order valence-electron chi connectivity index (χ0n) is 11.2. The predicted molar refractivity (Wildman–Crippen MR) is 84.5 cm³/mol. The Labute approximate surface area is 128 Å². The Morgan fingerprint density at radius 2 is 2.05 bits per heavy atom. The molecule has 102 valence electrons. The highest BCUT2D eigenvalue weighted by Crippen LogP contribution is 2.35. The molecule has 19 heavy (non-hydrogen) atoms. The van der Waals surface area contributed by atoms with E-state index in [2.05, 4.69) is 45.7 Å². The van der Waals surface area contributed by atoms with E-state index in [9.17, 15) is 0 Å². The van der Waals surface area contributed by atoms with Crippen molar-refractivity contribution in [2.45, 2.75) is 29.2 Å². The van der Waals surface area contributed by atoms with Crippen LogP contribution < -0.4 is 4.74 Å². The van der Waals surface area contributed by atoms with Crippen LogP contribution in [0.4, 0.5) is 0 Å². The highest BCUT2D eigenvalue weighted by atomic mass is 127. The van der Waals surface area contributed by atoms with Gasteiger partial charge in [0.2, 0.25) is 0 Å². The Morgan fingerprint density at radius 3 is 2.68 bits per heavy atom. The number of nitrogens with zero attached hydrogens (tertiary/aromatic N) is 2. The predicted octanol–water partition coefficient (Wildman–Crippen LogP) is 3.38. The molecule has 0 saturated carbocycles. The molecule has 0 aromatic heterocycles. The van der Waals surface area contributed by atoms with E-state index >= 15 is 0 Å². The van der Waals surface area contributed by atoms with Gasteiger partial charge in [-0.1, -0.05) is 40.8 Å². The molecule has 0 bridgehead atoms. The van der Waals surface area contributed by atoms with Crippen molar-refractivity contribution < 1.29 is 4.74 Å². The zero-order chi connectivity index (χ0) is 13.7. The first kappa shape index (κ1) is 14.6. The van der Waals surface area contributed by atoms with Crippen LogP contribution in [-0.4, -0.2) is 28.5 Å². The molecule has 0 spiro atoms. The van der Waals surface area contributed by atoms with E-state index in [-0.39, 0.29) is 3.42 Å². The molecular formula is C15H19IN2O. The molecule has 1 heterocycles. The maximum Gasteiger partial charge on any atom is 0.123 e. The summed E-state index contributed by atoms with van der Waals surface area (Å²) in [6, 6.07) is 10.5. The summed E-state index contributed by atoms with van der Waals surface area (Å²) in [7, 11) is 1.72. The highest BCUT2D eigenvalue weighted by molar-refractivity contribution is 14.1. The van der Waals surface area contributed by atoms with Crippen LogP contribution >= 0.6 is 22.6 Å². The Hall–Kier alpha value is -0.800. The molecule has 0 amide bonds. The molecule has 1 aromatic rings. The van der Waals surface area contributed by atoms with Gasteiger partial charge >= 0.3 is 0 Å². The molecular weight excluding hydrogens is 351 g/mol. The number of alkyl halides is 1. The van der Waals surface area contributed by atoms with E-state index in [0.29, 0.717) is 6.42 Å². The summed E-state index contributed by atoms with van der Waals surface area (Å²) in [5.74, 6) is 0.964. The van der Waals surface area contributed by atoms with Gasteiger partial charge in [-0.25, -0.2) is 0 Å². The van der Waals surface area contributed by atoms with Crippen LogP contribution in [0, 0.1) is 11.3 Å². The van der Waals surface area contributed by atoms with Gasteiger partial charge in [0, 0.05) is 22.0 Å². The van der Waals surface area contributed by atoms with Gasteiger partial charge in [0.25, 0.3) is 0 Å². The van der Waals surface area contributed by atoms with Gasteiger partial charge in [-0.05, 0) is 32.0 Å². The second-order valence-corrected chi connectivity index (χ2v) is 7.36. The van der Waals surface area contributed by atoms with Crippen molar-refractivity contribution in [3.8, 4) is 11.8 Å². The van der Waals surface area contributed by atoms with Gasteiger partial charge in [-0.15, -0.1) is 0 Å². The second-order valence-electron chi connectivity index (χ2n) is 5.07. The lowest BCUT2D eigenvalue weighted by molar-refractivity contribution is 0.197. The van der Waals surface area contributed by atoms with Gasteiger partial charge in [0.1, 0.15) is 5.75 Å². The summed E-state index contributed by atoms with van der Waals surface area (Å²) < 4.78 is 5.58. The summed E-state index contributed by atoms with van der Waals surface area (Å²) in [6.07, 6.45) is 2.85. The van der Waals surface area contributed by atoms with E-state index in [1.165, 1.54) is 5.56 Å². The van der Waals surface area contributed by atoms with Gasteiger partial charge in [-0.3, -0.25) is 4.90 Å². The molecule has 2 rings (SSSR count). The maximum absolute atomic E-state index is 8.87. The molecule has 1 aromatic carbocycles. The van der Waals surface area contributed by atoms with Crippen molar-refractivity contribution >= 4 is 22.6 Å². The van der Waals surface area contributed by atoms with Crippen molar-refractivity contribution in [1.29, 1.82) is 5.26 Å². The molecule has 4 heteroatoms. The van der Waals surface area contributed by atoms with Gasteiger partial charge in [0.05, 0.1) is 13.2 Å². The van der Waals surface area contributed by atoms with Crippen LogP contribution in [0.25, 0.3) is 0 Å². The fraction of sp³-hybridized carbons (Fsp3) is 0.533. The largest absolute Gasteiger partial charge is 0.496 e. The Morgan fingerprint density at radius 1 is 1.37 bits per heavy atom. The molecule has 0 unspecified atom stereocenters. The molecule has 1 fully saturated rings. The first-order chi connectivity index (χ1) is 9.17. The molecule has 1 aliphatic rings. The van der Waals surface area contributed by atoms with E-state index in [1.807, 2.05) is 12.1 Å². The number of hydrogen-bond donors (Lipinski definition) is 0.